The fourth-order valence-corrected chi connectivity index (χ4v) is 2.75. The van der Waals surface area contributed by atoms with E-state index in [2.05, 4.69) is 0 Å². The summed E-state index contributed by atoms with van der Waals surface area (Å²) in [6, 6.07) is 0. The highest BCUT2D eigenvalue weighted by Crippen LogP contribution is 2.32. The van der Waals surface area contributed by atoms with Crippen molar-refractivity contribution in [1.82, 2.24) is 8.61 Å². The van der Waals surface area contributed by atoms with Gasteiger partial charge in [0.1, 0.15) is 0 Å². The summed E-state index contributed by atoms with van der Waals surface area (Å²) in [6.45, 7) is 1.88. The molecule has 1 aliphatic rings. The van der Waals surface area contributed by atoms with Gasteiger partial charge in [0.25, 0.3) is 10.2 Å². The van der Waals surface area contributed by atoms with Gasteiger partial charge in [0, 0.05) is 27.2 Å². The number of rotatable bonds is 3. The molecule has 7 heteroatoms. The Morgan fingerprint density at radius 3 is 2.33 bits per heavy atom. The van der Waals surface area contributed by atoms with Crippen LogP contribution >= 0.6 is 0 Å². The van der Waals surface area contributed by atoms with Gasteiger partial charge in [-0.15, -0.1) is 0 Å². The first-order valence-corrected chi connectivity index (χ1v) is 6.01. The van der Waals surface area contributed by atoms with Crippen molar-refractivity contribution in [3.8, 4) is 0 Å². The average molecular weight is 236 g/mol. The molecule has 88 valence electrons. The van der Waals surface area contributed by atoms with Gasteiger partial charge in [-0.25, -0.2) is 0 Å². The zero-order valence-electron chi connectivity index (χ0n) is 9.10. The molecule has 0 radical (unpaired) electrons. The van der Waals surface area contributed by atoms with E-state index in [4.69, 9.17) is 5.11 Å². The van der Waals surface area contributed by atoms with E-state index in [-0.39, 0.29) is 13.1 Å². The fourth-order valence-electron chi connectivity index (χ4n) is 1.52. The number of nitrogens with zero attached hydrogens (tertiary/aromatic N) is 2. The second kappa shape index (κ2) is 3.73. The largest absolute Gasteiger partial charge is 0.481 e. The van der Waals surface area contributed by atoms with Gasteiger partial charge in [-0.1, -0.05) is 0 Å². The molecular weight excluding hydrogens is 220 g/mol. The maximum absolute atomic E-state index is 11.7. The second-order valence-electron chi connectivity index (χ2n) is 4.24. The fraction of sp³-hybridized carbons (Fsp3) is 0.875. The van der Waals surface area contributed by atoms with Crippen molar-refractivity contribution >= 4 is 16.2 Å². The van der Waals surface area contributed by atoms with Crippen molar-refractivity contribution < 1.29 is 18.3 Å². The van der Waals surface area contributed by atoms with Crippen molar-refractivity contribution in [2.45, 2.75) is 13.3 Å². The van der Waals surface area contributed by atoms with E-state index in [1.54, 1.807) is 6.92 Å². The molecular formula is C8H16N2O4S. The molecule has 1 atom stereocenters. The van der Waals surface area contributed by atoms with E-state index in [1.807, 2.05) is 0 Å². The van der Waals surface area contributed by atoms with E-state index in [9.17, 15) is 13.2 Å². The lowest BCUT2D eigenvalue weighted by atomic mass is 9.90. The van der Waals surface area contributed by atoms with Crippen LogP contribution in [0.2, 0.25) is 0 Å². The monoisotopic (exact) mass is 236 g/mol. The second-order valence-corrected chi connectivity index (χ2v) is 6.38. The lowest BCUT2D eigenvalue weighted by molar-refractivity contribution is -0.146. The van der Waals surface area contributed by atoms with Gasteiger partial charge in [-0.05, 0) is 13.3 Å². The minimum absolute atomic E-state index is 0.0445. The lowest BCUT2D eigenvalue weighted by Crippen LogP contribution is -2.40. The van der Waals surface area contributed by atoms with E-state index < -0.39 is 21.6 Å². The van der Waals surface area contributed by atoms with Crippen LogP contribution in [0.3, 0.4) is 0 Å². The van der Waals surface area contributed by atoms with Crippen LogP contribution in [-0.2, 0) is 15.0 Å². The normalized spacial score (nSPS) is 28.5. The van der Waals surface area contributed by atoms with Crippen LogP contribution in [0.15, 0.2) is 0 Å². The molecule has 1 saturated heterocycles. The zero-order chi connectivity index (χ0) is 11.9. The van der Waals surface area contributed by atoms with Gasteiger partial charge in [-0.3, -0.25) is 4.79 Å². The van der Waals surface area contributed by atoms with Crippen LogP contribution < -0.4 is 0 Å². The lowest BCUT2D eigenvalue weighted by Gasteiger charge is -2.22. The molecule has 0 saturated carbocycles. The molecule has 0 aromatic heterocycles. The summed E-state index contributed by atoms with van der Waals surface area (Å²) in [5.41, 5.74) is -0.955. The number of carboxylic acid groups (broad SMARTS) is 1. The highest BCUT2D eigenvalue weighted by Gasteiger charge is 2.44. The average Bonchev–Trinajstić information content (AvgIpc) is 2.49. The summed E-state index contributed by atoms with van der Waals surface area (Å²) < 4.78 is 25.7. The van der Waals surface area contributed by atoms with Gasteiger partial charge < -0.3 is 5.11 Å². The Morgan fingerprint density at radius 1 is 1.47 bits per heavy atom. The number of hydrogen-bond donors (Lipinski definition) is 1. The molecule has 15 heavy (non-hydrogen) atoms. The molecule has 0 aromatic rings. The van der Waals surface area contributed by atoms with Crippen molar-refractivity contribution in [3.05, 3.63) is 0 Å². The summed E-state index contributed by atoms with van der Waals surface area (Å²) in [5.74, 6) is -0.945. The van der Waals surface area contributed by atoms with E-state index in [1.165, 1.54) is 18.4 Å². The van der Waals surface area contributed by atoms with Gasteiger partial charge in [0.2, 0.25) is 0 Å². The summed E-state index contributed by atoms with van der Waals surface area (Å²) in [4.78, 5) is 10.9. The molecule has 1 heterocycles. The van der Waals surface area contributed by atoms with Crippen LogP contribution in [0, 0.1) is 5.41 Å². The van der Waals surface area contributed by atoms with Crippen molar-refractivity contribution in [3.63, 3.8) is 0 Å². The van der Waals surface area contributed by atoms with Gasteiger partial charge in [0.15, 0.2) is 0 Å². The van der Waals surface area contributed by atoms with Gasteiger partial charge >= 0.3 is 5.97 Å². The van der Waals surface area contributed by atoms with Gasteiger partial charge in [0.05, 0.1) is 5.41 Å². The Hall–Kier alpha value is -0.660. The minimum Gasteiger partial charge on any atom is -0.481 e. The van der Waals surface area contributed by atoms with Crippen molar-refractivity contribution in [1.29, 1.82) is 0 Å². The van der Waals surface area contributed by atoms with Crippen molar-refractivity contribution in [2.24, 2.45) is 5.41 Å². The third-order valence-electron chi connectivity index (χ3n) is 2.74. The number of hydrogen-bond acceptors (Lipinski definition) is 3. The van der Waals surface area contributed by atoms with Crippen molar-refractivity contribution in [2.75, 3.05) is 27.2 Å². The molecule has 0 amide bonds. The Balaban J connectivity index is 2.86. The minimum atomic E-state index is -3.48. The molecule has 0 bridgehead atoms. The van der Waals surface area contributed by atoms with E-state index >= 15 is 0 Å². The summed E-state index contributed by atoms with van der Waals surface area (Å²) in [5, 5.41) is 8.96. The quantitative estimate of drug-likeness (QED) is 0.722. The Bertz CT molecular complexity index is 365. The SMILES string of the molecule is CN(C)S(=O)(=O)N1CCC(C)(C(=O)O)C1. The van der Waals surface area contributed by atoms with E-state index in [0.717, 1.165) is 4.31 Å². The Kier molecular flexibility index (Phi) is 3.09. The molecule has 1 aliphatic heterocycles. The molecule has 0 aromatic carbocycles. The molecule has 0 spiro atoms. The first-order chi connectivity index (χ1) is 6.70. The van der Waals surface area contributed by atoms with Crippen LogP contribution in [0.25, 0.3) is 0 Å². The molecule has 6 nitrogen and oxygen atoms in total. The maximum Gasteiger partial charge on any atom is 0.310 e. The molecule has 1 unspecified atom stereocenters. The smallest absolute Gasteiger partial charge is 0.310 e. The standard InChI is InChI=1S/C8H16N2O4S/c1-8(7(11)12)4-5-10(6-8)15(13,14)9(2)3/h4-6H2,1-3H3,(H,11,12). The molecule has 0 aliphatic carbocycles. The zero-order valence-corrected chi connectivity index (χ0v) is 9.91. The number of carbonyl (C=O) groups is 1. The third-order valence-corrected chi connectivity index (χ3v) is 4.63. The van der Waals surface area contributed by atoms with Crippen LogP contribution in [-0.4, -0.2) is 55.3 Å². The Morgan fingerprint density at radius 2 is 2.00 bits per heavy atom. The van der Waals surface area contributed by atoms with Crippen LogP contribution in [0.5, 0.6) is 0 Å². The first-order valence-electron chi connectivity index (χ1n) is 4.61. The Labute approximate surface area is 89.7 Å². The van der Waals surface area contributed by atoms with Crippen LogP contribution in [0.4, 0.5) is 0 Å². The topological polar surface area (TPSA) is 77.9 Å². The highest BCUT2D eigenvalue weighted by molar-refractivity contribution is 7.86. The number of carboxylic acids is 1. The molecule has 1 fully saturated rings. The summed E-state index contributed by atoms with van der Waals surface area (Å²) in [7, 11) is -0.605. The molecule has 1 N–H and O–H groups in total. The number of aliphatic carboxylic acids is 1. The van der Waals surface area contributed by atoms with Crippen LogP contribution in [0.1, 0.15) is 13.3 Å². The van der Waals surface area contributed by atoms with E-state index in [0.29, 0.717) is 6.42 Å². The summed E-state index contributed by atoms with van der Waals surface area (Å²) >= 11 is 0. The predicted molar refractivity (Wildman–Crippen MR) is 54.5 cm³/mol. The molecule has 1 rings (SSSR count). The highest BCUT2D eigenvalue weighted by atomic mass is 32.2. The maximum atomic E-state index is 11.7. The van der Waals surface area contributed by atoms with Gasteiger partial charge in [-0.2, -0.15) is 17.0 Å². The summed E-state index contributed by atoms with van der Waals surface area (Å²) in [6.07, 6.45) is 0.357. The predicted octanol–water partition coefficient (Wildman–Crippen LogP) is -0.411. The third kappa shape index (κ3) is 2.14. The first kappa shape index (κ1) is 12.4.